The summed E-state index contributed by atoms with van der Waals surface area (Å²) in [7, 11) is 0. The minimum absolute atomic E-state index is 0.0616. The second-order valence-electron chi connectivity index (χ2n) is 7.45. The number of hydrogen-bond acceptors (Lipinski definition) is 6. The van der Waals surface area contributed by atoms with Crippen LogP contribution in [0.3, 0.4) is 0 Å². The molecule has 2 N–H and O–H groups in total. The second-order valence-corrected chi connectivity index (χ2v) is 7.45. The van der Waals surface area contributed by atoms with Gasteiger partial charge in [-0.15, -0.1) is 0 Å². The van der Waals surface area contributed by atoms with Crippen LogP contribution < -0.4 is 5.73 Å². The molecule has 6 nitrogen and oxygen atoms in total. The van der Waals surface area contributed by atoms with Crippen molar-refractivity contribution < 1.29 is 4.74 Å². The average molecular weight is 327 g/mol. The van der Waals surface area contributed by atoms with Crippen molar-refractivity contribution in [2.24, 2.45) is 5.41 Å². The van der Waals surface area contributed by atoms with Crippen molar-refractivity contribution in [3.63, 3.8) is 0 Å². The van der Waals surface area contributed by atoms with Crippen molar-refractivity contribution >= 4 is 5.82 Å². The van der Waals surface area contributed by atoms with E-state index < -0.39 is 0 Å². The number of anilines is 1. The molecule has 1 atom stereocenters. The lowest BCUT2D eigenvalue weighted by Crippen LogP contribution is -2.42. The van der Waals surface area contributed by atoms with Crippen molar-refractivity contribution in [3.05, 3.63) is 36.5 Å². The third-order valence-electron chi connectivity index (χ3n) is 3.99. The Balaban J connectivity index is 1.87. The first-order chi connectivity index (χ1) is 11.4. The number of pyridine rings is 1. The quantitative estimate of drug-likeness (QED) is 0.933. The molecule has 0 amide bonds. The molecule has 0 aromatic carbocycles. The molecule has 1 aliphatic rings. The lowest BCUT2D eigenvalue weighted by Gasteiger charge is -2.36. The molecule has 1 aliphatic heterocycles. The molecule has 128 valence electrons. The molecule has 0 aliphatic carbocycles. The van der Waals surface area contributed by atoms with Gasteiger partial charge >= 0.3 is 0 Å². The maximum absolute atomic E-state index is 6.02. The van der Waals surface area contributed by atoms with Gasteiger partial charge in [0.05, 0.1) is 12.3 Å². The molecule has 24 heavy (non-hydrogen) atoms. The Morgan fingerprint density at radius 3 is 2.92 bits per heavy atom. The van der Waals surface area contributed by atoms with Gasteiger partial charge in [-0.2, -0.15) is 0 Å². The highest BCUT2D eigenvalue weighted by molar-refractivity contribution is 5.67. The topological polar surface area (TPSA) is 77.2 Å². The number of ether oxygens (including phenoxy) is 1. The Labute approximate surface area is 143 Å². The number of morpholine rings is 1. The fourth-order valence-corrected chi connectivity index (χ4v) is 3.12. The largest absolute Gasteiger partial charge is 0.384 e. The van der Waals surface area contributed by atoms with E-state index in [1.807, 2.05) is 18.3 Å². The van der Waals surface area contributed by atoms with E-state index in [2.05, 4.69) is 40.6 Å². The van der Waals surface area contributed by atoms with Crippen molar-refractivity contribution in [2.75, 3.05) is 32.0 Å². The van der Waals surface area contributed by atoms with E-state index in [0.29, 0.717) is 12.4 Å². The van der Waals surface area contributed by atoms with Crippen LogP contribution in [-0.2, 0) is 4.74 Å². The van der Waals surface area contributed by atoms with Crippen LogP contribution in [0, 0.1) is 5.41 Å². The van der Waals surface area contributed by atoms with Crippen molar-refractivity contribution in [3.8, 4) is 11.1 Å². The smallest absolute Gasteiger partial charge is 0.123 e. The van der Waals surface area contributed by atoms with Crippen molar-refractivity contribution in [1.82, 2.24) is 19.9 Å². The highest BCUT2D eigenvalue weighted by Gasteiger charge is 2.28. The van der Waals surface area contributed by atoms with Gasteiger partial charge in [-0.1, -0.05) is 20.8 Å². The number of rotatable bonds is 3. The zero-order chi connectivity index (χ0) is 17.2. The standard InChI is InChI=1S/C18H25N5O/c1-18(2,3)11-23-6-7-24-15(10-23)17-14(9-20-12-22-17)13-4-5-21-16(19)8-13/h4-5,8-9,12,15H,6-7,10-11H2,1-3H3,(H2,19,21). The summed E-state index contributed by atoms with van der Waals surface area (Å²) in [4.78, 5) is 15.2. The summed E-state index contributed by atoms with van der Waals surface area (Å²) in [5.74, 6) is 0.487. The third kappa shape index (κ3) is 4.07. The average Bonchev–Trinajstić information content (AvgIpc) is 2.53. The summed E-state index contributed by atoms with van der Waals surface area (Å²) in [5, 5.41) is 0. The fourth-order valence-electron chi connectivity index (χ4n) is 3.12. The second kappa shape index (κ2) is 6.83. The molecule has 0 radical (unpaired) electrons. The zero-order valence-electron chi connectivity index (χ0n) is 14.6. The summed E-state index contributed by atoms with van der Waals surface area (Å²) >= 11 is 0. The van der Waals surface area contributed by atoms with Gasteiger partial charge in [-0.3, -0.25) is 4.90 Å². The van der Waals surface area contributed by atoms with Gasteiger partial charge in [0.1, 0.15) is 18.2 Å². The molecule has 2 aromatic rings. The lowest BCUT2D eigenvalue weighted by molar-refractivity contribution is -0.0405. The third-order valence-corrected chi connectivity index (χ3v) is 3.99. The summed E-state index contributed by atoms with van der Waals surface area (Å²) < 4.78 is 6.02. The van der Waals surface area contributed by atoms with Crippen LogP contribution >= 0.6 is 0 Å². The lowest BCUT2D eigenvalue weighted by atomic mass is 9.95. The molecule has 0 saturated carbocycles. The Morgan fingerprint density at radius 2 is 2.17 bits per heavy atom. The van der Waals surface area contributed by atoms with Gasteiger partial charge < -0.3 is 10.5 Å². The first-order valence-corrected chi connectivity index (χ1v) is 8.28. The number of hydrogen-bond donors (Lipinski definition) is 1. The molecule has 1 saturated heterocycles. The number of aromatic nitrogens is 3. The van der Waals surface area contributed by atoms with E-state index >= 15 is 0 Å². The normalized spacial score (nSPS) is 19.4. The molecular formula is C18H25N5O. The fraction of sp³-hybridized carbons (Fsp3) is 0.500. The van der Waals surface area contributed by atoms with Crippen LogP contribution in [0.5, 0.6) is 0 Å². The first kappa shape index (κ1) is 16.8. The Morgan fingerprint density at radius 1 is 1.33 bits per heavy atom. The molecule has 0 bridgehead atoms. The molecule has 0 spiro atoms. The Hall–Kier alpha value is -2.05. The molecule has 2 aromatic heterocycles. The van der Waals surface area contributed by atoms with Crippen LogP contribution in [0.25, 0.3) is 11.1 Å². The Kier molecular flexibility index (Phi) is 4.78. The summed E-state index contributed by atoms with van der Waals surface area (Å²) in [6.45, 7) is 10.3. The predicted octanol–water partition coefficient (Wildman–Crippen LogP) is 2.54. The van der Waals surface area contributed by atoms with Gasteiger partial charge in [-0.05, 0) is 23.1 Å². The summed E-state index contributed by atoms with van der Waals surface area (Å²) in [6.07, 6.45) is 5.04. The first-order valence-electron chi connectivity index (χ1n) is 8.28. The monoisotopic (exact) mass is 327 g/mol. The summed E-state index contributed by atoms with van der Waals surface area (Å²) in [5.41, 5.74) is 8.92. The van der Waals surface area contributed by atoms with E-state index in [4.69, 9.17) is 10.5 Å². The maximum Gasteiger partial charge on any atom is 0.123 e. The summed E-state index contributed by atoms with van der Waals surface area (Å²) in [6, 6.07) is 3.77. The van der Waals surface area contributed by atoms with E-state index in [1.54, 1.807) is 12.5 Å². The van der Waals surface area contributed by atoms with Crippen LogP contribution in [0.2, 0.25) is 0 Å². The minimum atomic E-state index is -0.0616. The van der Waals surface area contributed by atoms with Crippen LogP contribution in [0.15, 0.2) is 30.9 Å². The Bertz CT molecular complexity index is 698. The zero-order valence-corrected chi connectivity index (χ0v) is 14.6. The van der Waals surface area contributed by atoms with Crippen LogP contribution in [0.1, 0.15) is 32.6 Å². The van der Waals surface area contributed by atoms with Crippen molar-refractivity contribution in [2.45, 2.75) is 26.9 Å². The minimum Gasteiger partial charge on any atom is -0.384 e. The molecule has 6 heteroatoms. The van der Waals surface area contributed by atoms with E-state index in [0.717, 1.165) is 36.5 Å². The van der Waals surface area contributed by atoms with Crippen LogP contribution in [0.4, 0.5) is 5.82 Å². The van der Waals surface area contributed by atoms with Gasteiger partial charge in [0, 0.05) is 37.6 Å². The van der Waals surface area contributed by atoms with Gasteiger partial charge in [0.25, 0.3) is 0 Å². The van der Waals surface area contributed by atoms with E-state index in [9.17, 15) is 0 Å². The van der Waals surface area contributed by atoms with Crippen molar-refractivity contribution in [1.29, 1.82) is 0 Å². The van der Waals surface area contributed by atoms with Gasteiger partial charge in [-0.25, -0.2) is 15.0 Å². The molecular weight excluding hydrogens is 302 g/mol. The molecule has 3 heterocycles. The number of nitrogen functional groups attached to an aromatic ring is 1. The molecule has 3 rings (SSSR count). The predicted molar refractivity (Wildman–Crippen MR) is 94.3 cm³/mol. The van der Waals surface area contributed by atoms with Gasteiger partial charge in [0.15, 0.2) is 0 Å². The molecule has 1 unspecified atom stereocenters. The maximum atomic E-state index is 6.02. The van der Waals surface area contributed by atoms with Crippen LogP contribution in [-0.4, -0.2) is 46.1 Å². The highest BCUT2D eigenvalue weighted by Crippen LogP contribution is 2.31. The SMILES string of the molecule is CC(C)(C)CN1CCOC(c2ncncc2-c2ccnc(N)c2)C1. The van der Waals surface area contributed by atoms with Gasteiger partial charge in [0.2, 0.25) is 0 Å². The number of nitrogens with zero attached hydrogens (tertiary/aromatic N) is 4. The molecule has 1 fully saturated rings. The van der Waals surface area contributed by atoms with E-state index in [-0.39, 0.29) is 11.5 Å². The van der Waals surface area contributed by atoms with E-state index in [1.165, 1.54) is 0 Å². The number of nitrogens with two attached hydrogens (primary N) is 1. The highest BCUT2D eigenvalue weighted by atomic mass is 16.5.